The molecule has 3 fully saturated rings. The van der Waals surface area contributed by atoms with Gasteiger partial charge in [0.1, 0.15) is 17.3 Å². The van der Waals surface area contributed by atoms with Crippen LogP contribution in [0.4, 0.5) is 14.6 Å². The predicted octanol–water partition coefficient (Wildman–Crippen LogP) is 6.14. The highest BCUT2D eigenvalue weighted by Crippen LogP contribution is 2.41. The number of benzene rings is 3. The maximum absolute atomic E-state index is 16.0. The van der Waals surface area contributed by atoms with Gasteiger partial charge in [-0.15, -0.1) is 0 Å². The first kappa shape index (κ1) is 45.2. The van der Waals surface area contributed by atoms with E-state index in [1.807, 2.05) is 59.2 Å². The van der Waals surface area contributed by atoms with Gasteiger partial charge in [-0.3, -0.25) is 43.9 Å². The molecule has 67 heavy (non-hydrogen) atoms. The summed E-state index contributed by atoms with van der Waals surface area (Å²) >= 11 is 0. The number of anilines is 1. The lowest BCUT2D eigenvalue weighted by Crippen LogP contribution is -2.61. The molecule has 3 atom stereocenters. The number of amides is 4. The number of nitrogens with one attached hydrogen (secondary N) is 1. The van der Waals surface area contributed by atoms with Crippen molar-refractivity contribution in [2.75, 3.05) is 57.9 Å². The molecule has 3 saturated heterocycles. The molecule has 16 nitrogen and oxygen atoms in total. The number of nitrogens with zero attached hydrogens (tertiary/aromatic N) is 8. The second-order valence-corrected chi connectivity index (χ2v) is 17.7. The van der Waals surface area contributed by atoms with Crippen molar-refractivity contribution in [3.05, 3.63) is 101 Å². The van der Waals surface area contributed by atoms with Gasteiger partial charge in [0.2, 0.25) is 11.8 Å². The topological polar surface area (TPSA) is 175 Å². The van der Waals surface area contributed by atoms with Crippen LogP contribution in [-0.2, 0) is 28.6 Å². The number of nitriles is 1. The van der Waals surface area contributed by atoms with Crippen molar-refractivity contribution >= 4 is 40.3 Å². The second-order valence-electron chi connectivity index (χ2n) is 17.7. The van der Waals surface area contributed by atoms with Crippen molar-refractivity contribution in [2.45, 2.75) is 69.5 Å². The molecule has 0 saturated carbocycles. The lowest BCUT2D eigenvalue weighted by Gasteiger charge is -2.46. The number of aryl methyl sites for hydroxylation is 1. The quantitative estimate of drug-likeness (QED) is 0.134. The highest BCUT2D eigenvalue weighted by molar-refractivity contribution is 6.23. The van der Waals surface area contributed by atoms with Crippen LogP contribution >= 0.6 is 0 Å². The summed E-state index contributed by atoms with van der Waals surface area (Å²) in [5.74, 6) is -2.39. The Bertz CT molecular complexity index is 2800. The molecule has 0 bridgehead atoms. The molecule has 348 valence electrons. The van der Waals surface area contributed by atoms with Crippen LogP contribution in [0.5, 0.6) is 23.0 Å². The van der Waals surface area contributed by atoms with E-state index in [-0.39, 0.29) is 42.2 Å². The van der Waals surface area contributed by atoms with E-state index in [4.69, 9.17) is 14.2 Å². The normalized spacial score (nSPS) is 21.5. The predicted molar refractivity (Wildman–Crippen MR) is 241 cm³/mol. The summed E-state index contributed by atoms with van der Waals surface area (Å²) in [5, 5.41) is 17.7. The Balaban J connectivity index is 0.807. The fraction of sp³-hybridized carbons (Fsp3) is 0.408. The Morgan fingerprint density at radius 3 is 2.40 bits per heavy atom. The first-order chi connectivity index (χ1) is 32.2. The van der Waals surface area contributed by atoms with E-state index in [0.29, 0.717) is 92.4 Å². The van der Waals surface area contributed by atoms with Crippen LogP contribution in [-0.4, -0.2) is 118 Å². The number of pyridine rings is 1. The number of piperazine rings is 1. The number of carbonyl (C=O) groups is 4. The fourth-order valence-corrected chi connectivity index (χ4v) is 9.94. The molecule has 18 heteroatoms. The number of rotatable bonds is 13. The van der Waals surface area contributed by atoms with E-state index >= 15 is 8.78 Å². The number of piperidine rings is 2. The number of hydrogen-bond donors (Lipinski definition) is 1. The van der Waals surface area contributed by atoms with Crippen molar-refractivity contribution in [1.29, 1.82) is 5.26 Å². The maximum atomic E-state index is 16.0. The third-order valence-electron chi connectivity index (χ3n) is 13.5. The minimum absolute atomic E-state index is 0.142. The molecule has 0 unspecified atom stereocenters. The summed E-state index contributed by atoms with van der Waals surface area (Å²) in [6, 6.07) is 19.7. The Labute approximate surface area is 386 Å². The average molecular weight is 916 g/mol. The highest BCUT2D eigenvalue weighted by atomic mass is 19.3. The molecule has 6 heterocycles. The molecule has 0 spiro atoms. The van der Waals surface area contributed by atoms with Crippen molar-refractivity contribution in [2.24, 2.45) is 7.05 Å². The van der Waals surface area contributed by atoms with E-state index in [0.717, 1.165) is 21.4 Å². The van der Waals surface area contributed by atoms with Gasteiger partial charge in [-0.05, 0) is 80.3 Å². The van der Waals surface area contributed by atoms with E-state index in [2.05, 4.69) is 21.5 Å². The van der Waals surface area contributed by atoms with Crippen LogP contribution in [0.15, 0.2) is 72.9 Å². The van der Waals surface area contributed by atoms with Gasteiger partial charge < -0.3 is 19.1 Å². The van der Waals surface area contributed by atoms with E-state index in [9.17, 15) is 24.4 Å². The Kier molecular flexibility index (Phi) is 12.2. The van der Waals surface area contributed by atoms with Crippen LogP contribution in [0.2, 0.25) is 0 Å². The SMILES string of the molecule is CCOc1cc([C@@H](CC#N)N2C(=O)c3ccnc(N4CCN([C@H]5CCN(Cc6ccc(Oc7ccc8c([C@@]9(C)CCC(=O)NC9=O)nn(C)c8c7)cc6)CC5(F)F)CC4)c3C2=O)ccc1OC. The van der Waals surface area contributed by atoms with E-state index in [1.165, 1.54) is 19.4 Å². The van der Waals surface area contributed by atoms with Crippen molar-refractivity contribution in [1.82, 2.24) is 34.8 Å². The number of halogens is 2. The third kappa shape index (κ3) is 8.42. The van der Waals surface area contributed by atoms with Gasteiger partial charge in [0.05, 0.1) is 72.6 Å². The summed E-state index contributed by atoms with van der Waals surface area (Å²) in [6.07, 6.45) is 2.20. The molecule has 5 aromatic rings. The first-order valence-electron chi connectivity index (χ1n) is 22.4. The number of imide groups is 2. The minimum atomic E-state index is -2.99. The van der Waals surface area contributed by atoms with Crippen LogP contribution in [0.3, 0.4) is 0 Å². The second kappa shape index (κ2) is 18.0. The van der Waals surface area contributed by atoms with Crippen LogP contribution in [0, 0.1) is 11.3 Å². The Hall–Kier alpha value is -6.97. The number of fused-ring (bicyclic) bond motifs is 2. The maximum Gasteiger partial charge on any atom is 0.275 e. The Morgan fingerprint density at radius 2 is 1.70 bits per heavy atom. The lowest BCUT2D eigenvalue weighted by molar-refractivity contribution is -0.137. The molecule has 9 rings (SSSR count). The summed E-state index contributed by atoms with van der Waals surface area (Å²) in [4.78, 5) is 63.9. The molecule has 0 aliphatic carbocycles. The van der Waals surface area contributed by atoms with Crippen molar-refractivity contribution in [3.8, 4) is 29.1 Å². The zero-order valence-corrected chi connectivity index (χ0v) is 37.8. The number of methoxy groups -OCH3 is 1. The number of aromatic nitrogens is 3. The van der Waals surface area contributed by atoms with Gasteiger partial charge in [-0.25, -0.2) is 13.8 Å². The first-order valence-corrected chi connectivity index (χ1v) is 22.4. The standard InChI is InChI=1S/C49H51F2N9O7/c1-5-66-39-26-31(8-13-38(39)65-4)36(15-19-52)60-45(62)35-16-20-53-44(42(35)46(60)63)59-24-22-58(23-25-59)40-17-21-57(29-49(40,50)51)28-30-6-9-32(10-7-30)67-33-11-12-34-37(27-33)56(3)55-43(34)48(2)18-14-41(61)54-47(48)64/h6-13,16,20,26-27,36,40H,5,14-15,17-18,21-25,28-29H2,1-4H3,(H,54,61,64)/t36-,40+,48-/m1/s1. The largest absolute Gasteiger partial charge is 0.493 e. The monoisotopic (exact) mass is 915 g/mol. The van der Waals surface area contributed by atoms with Gasteiger partial charge >= 0.3 is 0 Å². The molecular formula is C49H51F2N9O7. The molecular weight excluding hydrogens is 865 g/mol. The lowest BCUT2D eigenvalue weighted by atomic mass is 9.77. The molecule has 0 radical (unpaired) electrons. The van der Waals surface area contributed by atoms with E-state index in [1.54, 1.807) is 41.8 Å². The number of alkyl halides is 2. The summed E-state index contributed by atoms with van der Waals surface area (Å²) in [6.45, 7) is 5.68. The summed E-state index contributed by atoms with van der Waals surface area (Å²) < 4.78 is 51.1. The molecule has 1 N–H and O–H groups in total. The van der Waals surface area contributed by atoms with Gasteiger partial charge in [0.25, 0.3) is 17.7 Å². The van der Waals surface area contributed by atoms with Crippen molar-refractivity contribution < 1.29 is 42.2 Å². The minimum Gasteiger partial charge on any atom is -0.493 e. The van der Waals surface area contributed by atoms with Crippen molar-refractivity contribution in [3.63, 3.8) is 0 Å². The fourth-order valence-electron chi connectivity index (χ4n) is 9.94. The zero-order valence-electron chi connectivity index (χ0n) is 37.8. The zero-order chi connectivity index (χ0) is 47.2. The highest BCUT2D eigenvalue weighted by Gasteiger charge is 2.49. The summed E-state index contributed by atoms with van der Waals surface area (Å²) in [7, 11) is 3.30. The van der Waals surface area contributed by atoms with Gasteiger partial charge in [0.15, 0.2) is 11.5 Å². The van der Waals surface area contributed by atoms with Crippen LogP contribution < -0.4 is 24.4 Å². The van der Waals surface area contributed by atoms with Crippen LogP contribution in [0.1, 0.15) is 83.1 Å². The van der Waals surface area contributed by atoms with Gasteiger partial charge in [0, 0.05) is 70.4 Å². The molecule has 3 aromatic carbocycles. The molecule has 2 aromatic heterocycles. The van der Waals surface area contributed by atoms with Crippen LogP contribution in [0.25, 0.3) is 10.9 Å². The average Bonchev–Trinajstić information content (AvgIpc) is 3.78. The number of likely N-dealkylation sites (tertiary alicyclic amines) is 1. The van der Waals surface area contributed by atoms with Gasteiger partial charge in [-0.2, -0.15) is 10.4 Å². The van der Waals surface area contributed by atoms with E-state index < -0.39 is 41.8 Å². The molecule has 4 aliphatic rings. The number of ether oxygens (including phenoxy) is 3. The molecule has 4 amide bonds. The third-order valence-corrected chi connectivity index (χ3v) is 13.5. The molecule has 4 aliphatic heterocycles. The Morgan fingerprint density at radius 1 is 0.940 bits per heavy atom. The summed E-state index contributed by atoms with van der Waals surface area (Å²) in [5.41, 5.74) is 2.16. The van der Waals surface area contributed by atoms with Gasteiger partial charge in [-0.1, -0.05) is 18.2 Å². The smallest absolute Gasteiger partial charge is 0.275 e. The number of hydrogen-bond acceptors (Lipinski definition) is 13. The number of carbonyl (C=O) groups excluding carboxylic acids is 4.